The van der Waals surface area contributed by atoms with Crippen molar-refractivity contribution in [2.24, 2.45) is 0 Å². The summed E-state index contributed by atoms with van der Waals surface area (Å²) in [7, 11) is 1.42. The normalized spacial score (nSPS) is 11.9. The maximum Gasteiger partial charge on any atom is 0.344 e. The number of nitrogens with one attached hydrogen (secondary N) is 1. The number of methoxy groups -OCH3 is 1. The number of carbonyl (C=O) groups excluding carboxylic acids is 1. The molecule has 0 fully saturated rings. The number of nitriles is 1. The molecule has 0 heterocycles. The highest BCUT2D eigenvalue weighted by Gasteiger charge is 2.16. The van der Waals surface area contributed by atoms with Crippen molar-refractivity contribution < 1.29 is 24.2 Å². The van der Waals surface area contributed by atoms with E-state index in [1.165, 1.54) is 26.2 Å². The molecule has 2 N–H and O–H groups in total. The van der Waals surface area contributed by atoms with Crippen LogP contribution in [0.3, 0.4) is 0 Å². The van der Waals surface area contributed by atoms with Crippen LogP contribution < -0.4 is 14.8 Å². The number of amides is 1. The molecule has 7 heteroatoms. The summed E-state index contributed by atoms with van der Waals surface area (Å²) in [6.07, 6.45) is 1.12. The number of rotatable bonds is 8. The van der Waals surface area contributed by atoms with Crippen molar-refractivity contribution in [2.45, 2.75) is 26.4 Å². The number of aliphatic carboxylic acids is 1. The highest BCUT2D eigenvalue weighted by molar-refractivity contribution is 6.10. The maximum atomic E-state index is 12.5. The Kier molecular flexibility index (Phi) is 7.38. The summed E-state index contributed by atoms with van der Waals surface area (Å²) >= 11 is 0. The molecule has 0 aliphatic heterocycles. The molecule has 0 saturated heterocycles. The predicted molar refractivity (Wildman–Crippen MR) is 109 cm³/mol. The molecule has 150 valence electrons. The number of nitrogens with zero attached hydrogens (tertiary/aromatic N) is 1. The zero-order valence-corrected chi connectivity index (χ0v) is 16.4. The van der Waals surface area contributed by atoms with Crippen molar-refractivity contribution in [1.29, 1.82) is 5.26 Å². The molecule has 2 aromatic rings. The number of carboxylic acids is 1. The van der Waals surface area contributed by atoms with Gasteiger partial charge in [-0.05, 0) is 48.7 Å². The smallest absolute Gasteiger partial charge is 0.344 e. The van der Waals surface area contributed by atoms with E-state index in [-0.39, 0.29) is 11.3 Å². The standard InChI is InChI=1S/C22H22N2O5/c1-4-16-7-5-6-8-18(16)24-21(25)17(13-23)11-15-9-10-19(20(12-15)28-3)29-14(2)22(26)27/h5-12,14H,4H2,1-3H3,(H,24,25)(H,26,27)/b17-11-/t14-/m1/s1. The second kappa shape index (κ2) is 9.95. The number of carbonyl (C=O) groups is 2. The van der Waals surface area contributed by atoms with Gasteiger partial charge < -0.3 is 19.9 Å². The maximum absolute atomic E-state index is 12.5. The van der Waals surface area contributed by atoms with E-state index < -0.39 is 18.0 Å². The molecule has 0 aliphatic carbocycles. The summed E-state index contributed by atoms with van der Waals surface area (Å²) in [5.74, 6) is -1.08. The van der Waals surface area contributed by atoms with Gasteiger partial charge in [0.25, 0.3) is 5.91 Å². The van der Waals surface area contributed by atoms with E-state index in [0.717, 1.165) is 12.0 Å². The average Bonchev–Trinajstić information content (AvgIpc) is 2.72. The van der Waals surface area contributed by atoms with Crippen LogP contribution in [0.15, 0.2) is 48.0 Å². The summed E-state index contributed by atoms with van der Waals surface area (Å²) in [5, 5.41) is 21.2. The molecule has 0 aliphatic rings. The van der Waals surface area contributed by atoms with Gasteiger partial charge in [0.05, 0.1) is 7.11 Å². The lowest BCUT2D eigenvalue weighted by Crippen LogP contribution is -2.23. The lowest BCUT2D eigenvalue weighted by atomic mass is 10.1. The Morgan fingerprint density at radius 3 is 2.59 bits per heavy atom. The molecule has 29 heavy (non-hydrogen) atoms. The molecule has 0 unspecified atom stereocenters. The summed E-state index contributed by atoms with van der Waals surface area (Å²) in [6, 6.07) is 14.0. The monoisotopic (exact) mass is 394 g/mol. The molecule has 7 nitrogen and oxygen atoms in total. The molecule has 2 aromatic carbocycles. The van der Waals surface area contributed by atoms with Gasteiger partial charge in [-0.3, -0.25) is 4.79 Å². The molecule has 0 aromatic heterocycles. The van der Waals surface area contributed by atoms with Crippen molar-refractivity contribution in [1.82, 2.24) is 0 Å². The predicted octanol–water partition coefficient (Wildman–Crippen LogP) is 3.66. The first-order chi connectivity index (χ1) is 13.9. The van der Waals surface area contributed by atoms with Gasteiger partial charge in [-0.15, -0.1) is 0 Å². The summed E-state index contributed by atoms with van der Waals surface area (Å²) in [5.41, 5.74) is 2.08. The fourth-order valence-electron chi connectivity index (χ4n) is 2.57. The van der Waals surface area contributed by atoms with Crippen LogP contribution in [0.1, 0.15) is 25.0 Å². The van der Waals surface area contributed by atoms with Crippen LogP contribution in [0, 0.1) is 11.3 Å². The van der Waals surface area contributed by atoms with Crippen molar-refractivity contribution in [3.63, 3.8) is 0 Å². The highest BCUT2D eigenvalue weighted by Crippen LogP contribution is 2.30. The molecule has 2 rings (SSSR count). The van der Waals surface area contributed by atoms with Crippen molar-refractivity contribution in [3.8, 4) is 17.6 Å². The van der Waals surface area contributed by atoms with Gasteiger partial charge in [-0.1, -0.05) is 31.2 Å². The van der Waals surface area contributed by atoms with Gasteiger partial charge in [0.15, 0.2) is 17.6 Å². The number of aryl methyl sites for hydroxylation is 1. The molecular weight excluding hydrogens is 372 g/mol. The SMILES string of the molecule is CCc1ccccc1NC(=O)/C(C#N)=C\c1ccc(O[C@H](C)C(=O)O)c(OC)c1. The van der Waals surface area contributed by atoms with Crippen LogP contribution in [0.2, 0.25) is 0 Å². The largest absolute Gasteiger partial charge is 0.493 e. The van der Waals surface area contributed by atoms with E-state index in [9.17, 15) is 14.9 Å². The second-order valence-electron chi connectivity index (χ2n) is 6.14. The Bertz CT molecular complexity index is 975. The highest BCUT2D eigenvalue weighted by atomic mass is 16.5. The Hall–Kier alpha value is -3.79. The van der Waals surface area contributed by atoms with Gasteiger partial charge >= 0.3 is 5.97 Å². The Balaban J connectivity index is 2.27. The minimum atomic E-state index is -1.10. The first-order valence-electron chi connectivity index (χ1n) is 8.98. The summed E-state index contributed by atoms with van der Waals surface area (Å²) in [6.45, 7) is 3.38. The van der Waals surface area contributed by atoms with E-state index in [4.69, 9.17) is 14.6 Å². The average molecular weight is 394 g/mol. The van der Waals surface area contributed by atoms with E-state index in [1.807, 2.05) is 31.2 Å². The number of carboxylic acid groups (broad SMARTS) is 1. The Morgan fingerprint density at radius 2 is 1.97 bits per heavy atom. The number of benzene rings is 2. The minimum absolute atomic E-state index is 0.0782. The van der Waals surface area contributed by atoms with Crippen LogP contribution in [0.25, 0.3) is 6.08 Å². The van der Waals surface area contributed by atoms with Crippen LogP contribution >= 0.6 is 0 Å². The Labute approximate surface area is 169 Å². The Morgan fingerprint density at radius 1 is 1.24 bits per heavy atom. The third-order valence-corrected chi connectivity index (χ3v) is 4.16. The fourth-order valence-corrected chi connectivity index (χ4v) is 2.57. The second-order valence-corrected chi connectivity index (χ2v) is 6.14. The zero-order valence-electron chi connectivity index (χ0n) is 16.4. The molecule has 0 radical (unpaired) electrons. The molecule has 0 saturated carbocycles. The summed E-state index contributed by atoms with van der Waals surface area (Å²) < 4.78 is 10.6. The van der Waals surface area contributed by atoms with E-state index in [1.54, 1.807) is 18.2 Å². The lowest BCUT2D eigenvalue weighted by Gasteiger charge is -2.14. The quantitative estimate of drug-likeness (QED) is 0.522. The van der Waals surface area contributed by atoms with Gasteiger partial charge in [0.2, 0.25) is 0 Å². The number of anilines is 1. The number of hydrogen-bond donors (Lipinski definition) is 2. The van der Waals surface area contributed by atoms with E-state index in [0.29, 0.717) is 17.0 Å². The molecule has 0 bridgehead atoms. The van der Waals surface area contributed by atoms with E-state index in [2.05, 4.69) is 5.32 Å². The topological polar surface area (TPSA) is 109 Å². The minimum Gasteiger partial charge on any atom is -0.493 e. The van der Waals surface area contributed by atoms with Gasteiger partial charge in [0, 0.05) is 5.69 Å². The lowest BCUT2D eigenvalue weighted by molar-refractivity contribution is -0.144. The summed E-state index contributed by atoms with van der Waals surface area (Å²) in [4.78, 5) is 23.5. The van der Waals surface area contributed by atoms with Crippen LogP contribution in [-0.4, -0.2) is 30.2 Å². The van der Waals surface area contributed by atoms with Crippen molar-refractivity contribution >= 4 is 23.6 Å². The van der Waals surface area contributed by atoms with Gasteiger partial charge in [-0.25, -0.2) is 4.79 Å². The number of hydrogen-bond acceptors (Lipinski definition) is 5. The van der Waals surface area contributed by atoms with Crippen LogP contribution in [-0.2, 0) is 16.0 Å². The first kappa shape index (κ1) is 21.5. The van der Waals surface area contributed by atoms with Gasteiger partial charge in [-0.2, -0.15) is 5.26 Å². The number of para-hydroxylation sites is 1. The third kappa shape index (κ3) is 5.59. The third-order valence-electron chi connectivity index (χ3n) is 4.16. The molecule has 1 amide bonds. The zero-order chi connectivity index (χ0) is 21.4. The van der Waals surface area contributed by atoms with Crippen LogP contribution in [0.5, 0.6) is 11.5 Å². The molecule has 1 atom stereocenters. The molecular formula is C22H22N2O5. The fraction of sp³-hybridized carbons (Fsp3) is 0.227. The number of ether oxygens (including phenoxy) is 2. The molecule has 0 spiro atoms. The van der Waals surface area contributed by atoms with Crippen LogP contribution in [0.4, 0.5) is 5.69 Å². The van der Waals surface area contributed by atoms with Crippen molar-refractivity contribution in [2.75, 3.05) is 12.4 Å². The van der Waals surface area contributed by atoms with E-state index >= 15 is 0 Å². The first-order valence-corrected chi connectivity index (χ1v) is 8.98. The van der Waals surface area contributed by atoms with Crippen molar-refractivity contribution in [3.05, 3.63) is 59.2 Å². The van der Waals surface area contributed by atoms with Gasteiger partial charge in [0.1, 0.15) is 11.6 Å².